The van der Waals surface area contributed by atoms with Gasteiger partial charge in [0.15, 0.2) is 0 Å². The average Bonchev–Trinajstić information content (AvgIpc) is 2.73. The van der Waals surface area contributed by atoms with E-state index in [0.717, 1.165) is 29.4 Å². The molecular weight excluding hydrogens is 347 g/mol. The topological polar surface area (TPSA) is 30.9 Å². The zero-order chi connectivity index (χ0) is 13.6. The third-order valence-corrected chi connectivity index (χ3v) is 4.61. The summed E-state index contributed by atoms with van der Waals surface area (Å²) in [5.41, 5.74) is 9.42. The molecule has 1 heterocycles. The maximum Gasteiger partial charge on any atom is 0.0828 e. The Morgan fingerprint density at radius 3 is 2.63 bits per heavy atom. The molecule has 2 nitrogen and oxygen atoms in total. The Hall–Kier alpha value is -0.480. The minimum atomic E-state index is 0.123. The van der Waals surface area contributed by atoms with Gasteiger partial charge in [-0.3, -0.25) is 0 Å². The first-order chi connectivity index (χ1) is 9.08. The summed E-state index contributed by atoms with van der Waals surface area (Å²) < 4.78 is 2.95. The van der Waals surface area contributed by atoms with Crippen LogP contribution in [0.25, 0.3) is 5.69 Å². The van der Waals surface area contributed by atoms with Gasteiger partial charge >= 0.3 is 0 Å². The fourth-order valence-electron chi connectivity index (χ4n) is 2.70. The molecule has 0 spiro atoms. The number of nitrogens with zero attached hydrogens (tertiary/aromatic N) is 1. The van der Waals surface area contributed by atoms with Crippen molar-refractivity contribution in [1.29, 1.82) is 0 Å². The van der Waals surface area contributed by atoms with Crippen LogP contribution in [0.4, 0.5) is 0 Å². The molecule has 0 saturated heterocycles. The Labute approximate surface area is 130 Å². The van der Waals surface area contributed by atoms with E-state index in [1.165, 1.54) is 11.3 Å². The van der Waals surface area contributed by atoms with E-state index in [-0.39, 0.29) is 6.04 Å². The van der Waals surface area contributed by atoms with Crippen LogP contribution < -0.4 is 5.73 Å². The van der Waals surface area contributed by atoms with Crippen molar-refractivity contribution in [2.24, 2.45) is 5.73 Å². The molecule has 1 aromatic heterocycles. The molecule has 1 unspecified atom stereocenters. The molecular formula is C14H13BrCl2N2. The number of nitrogens with two attached hydrogens (primary N) is 1. The Morgan fingerprint density at radius 1 is 1.26 bits per heavy atom. The minimum absolute atomic E-state index is 0.123. The summed E-state index contributed by atoms with van der Waals surface area (Å²) in [4.78, 5) is 0. The third-order valence-electron chi connectivity index (χ3n) is 3.58. The van der Waals surface area contributed by atoms with Crippen molar-refractivity contribution in [2.75, 3.05) is 0 Å². The number of hydrogen-bond donors (Lipinski definition) is 1. The van der Waals surface area contributed by atoms with Gasteiger partial charge in [0.1, 0.15) is 0 Å². The first kappa shape index (κ1) is 13.5. The lowest BCUT2D eigenvalue weighted by molar-refractivity contribution is 0.560. The van der Waals surface area contributed by atoms with Gasteiger partial charge in [-0.05, 0) is 43.0 Å². The van der Waals surface area contributed by atoms with Crippen LogP contribution in [0.5, 0.6) is 0 Å². The standard InChI is InChI=1S/C14H13BrCl2N2/c15-8-6-10(16)14(11(17)7-8)19-5-4-9-12(18)2-1-3-13(9)19/h4-7,12H,1-3,18H2. The molecule has 0 saturated carbocycles. The summed E-state index contributed by atoms with van der Waals surface area (Å²) in [6.45, 7) is 0. The summed E-state index contributed by atoms with van der Waals surface area (Å²) in [6.07, 6.45) is 5.17. The fourth-order valence-corrected chi connectivity index (χ4v) is 4.09. The van der Waals surface area contributed by atoms with Crippen LogP contribution in [-0.4, -0.2) is 4.57 Å². The summed E-state index contributed by atoms with van der Waals surface area (Å²) in [5.74, 6) is 0. The molecule has 5 heteroatoms. The van der Waals surface area contributed by atoms with Crippen molar-refractivity contribution >= 4 is 39.1 Å². The van der Waals surface area contributed by atoms with Gasteiger partial charge in [-0.2, -0.15) is 0 Å². The Bertz CT molecular complexity index is 613. The number of hydrogen-bond acceptors (Lipinski definition) is 1. The third kappa shape index (κ3) is 2.33. The Kier molecular flexibility index (Phi) is 3.65. The van der Waals surface area contributed by atoms with Crippen molar-refractivity contribution in [3.8, 4) is 5.69 Å². The molecule has 0 fully saturated rings. The first-order valence-corrected chi connectivity index (χ1v) is 7.73. The van der Waals surface area contributed by atoms with Gasteiger partial charge in [-0.1, -0.05) is 39.1 Å². The molecule has 19 heavy (non-hydrogen) atoms. The highest BCUT2D eigenvalue weighted by Crippen LogP contribution is 2.37. The predicted molar refractivity (Wildman–Crippen MR) is 83.4 cm³/mol. The van der Waals surface area contributed by atoms with Crippen molar-refractivity contribution < 1.29 is 0 Å². The number of rotatable bonds is 1. The lowest BCUT2D eigenvalue weighted by Crippen LogP contribution is -2.18. The zero-order valence-corrected chi connectivity index (χ0v) is 13.3. The van der Waals surface area contributed by atoms with E-state index in [2.05, 4.69) is 26.6 Å². The van der Waals surface area contributed by atoms with Crippen LogP contribution in [-0.2, 0) is 6.42 Å². The van der Waals surface area contributed by atoms with E-state index in [1.54, 1.807) is 0 Å². The van der Waals surface area contributed by atoms with Crippen molar-refractivity contribution in [3.63, 3.8) is 0 Å². The molecule has 0 bridgehead atoms. The first-order valence-electron chi connectivity index (χ1n) is 6.18. The highest BCUT2D eigenvalue weighted by atomic mass is 79.9. The van der Waals surface area contributed by atoms with Gasteiger partial charge in [0.2, 0.25) is 0 Å². The van der Waals surface area contributed by atoms with E-state index < -0.39 is 0 Å². The van der Waals surface area contributed by atoms with Crippen LogP contribution in [0, 0.1) is 0 Å². The van der Waals surface area contributed by atoms with Gasteiger partial charge in [0.25, 0.3) is 0 Å². The maximum atomic E-state index is 6.34. The second-order valence-electron chi connectivity index (χ2n) is 4.80. The van der Waals surface area contributed by atoms with E-state index in [9.17, 15) is 0 Å². The summed E-state index contributed by atoms with van der Waals surface area (Å²) in [5, 5.41) is 1.27. The van der Waals surface area contributed by atoms with Gasteiger partial charge in [0, 0.05) is 22.4 Å². The summed E-state index contributed by atoms with van der Waals surface area (Å²) >= 11 is 16.1. The van der Waals surface area contributed by atoms with E-state index in [1.807, 2.05) is 18.3 Å². The van der Waals surface area contributed by atoms with E-state index in [0.29, 0.717) is 10.0 Å². The average molecular weight is 360 g/mol. The molecule has 0 aliphatic heterocycles. The van der Waals surface area contributed by atoms with Crippen LogP contribution in [0.1, 0.15) is 30.1 Å². The van der Waals surface area contributed by atoms with Gasteiger partial charge < -0.3 is 10.3 Å². The van der Waals surface area contributed by atoms with E-state index in [4.69, 9.17) is 28.9 Å². The van der Waals surface area contributed by atoms with Crippen molar-refractivity contribution in [1.82, 2.24) is 4.57 Å². The zero-order valence-electron chi connectivity index (χ0n) is 10.2. The monoisotopic (exact) mass is 358 g/mol. The van der Waals surface area contributed by atoms with E-state index >= 15 is 0 Å². The summed E-state index contributed by atoms with van der Waals surface area (Å²) in [6, 6.07) is 5.92. The molecule has 1 atom stereocenters. The molecule has 3 rings (SSSR count). The fraction of sp³-hybridized carbons (Fsp3) is 0.286. The van der Waals surface area contributed by atoms with Crippen LogP contribution in [0.3, 0.4) is 0 Å². The molecule has 1 aromatic carbocycles. The molecule has 1 aliphatic carbocycles. The number of benzene rings is 1. The maximum absolute atomic E-state index is 6.34. The van der Waals surface area contributed by atoms with Crippen molar-refractivity contribution in [2.45, 2.75) is 25.3 Å². The quantitative estimate of drug-likeness (QED) is 0.772. The molecule has 1 aliphatic rings. The van der Waals surface area contributed by atoms with Gasteiger partial charge in [-0.15, -0.1) is 0 Å². The number of halogens is 3. The summed E-state index contributed by atoms with van der Waals surface area (Å²) in [7, 11) is 0. The number of aromatic nitrogens is 1. The molecule has 2 N–H and O–H groups in total. The Morgan fingerprint density at radius 2 is 1.95 bits per heavy atom. The second-order valence-corrected chi connectivity index (χ2v) is 6.53. The molecule has 0 radical (unpaired) electrons. The largest absolute Gasteiger partial charge is 0.324 e. The van der Waals surface area contributed by atoms with Gasteiger partial charge in [-0.25, -0.2) is 0 Å². The second kappa shape index (κ2) is 5.13. The lowest BCUT2D eigenvalue weighted by Gasteiger charge is -2.21. The molecule has 0 amide bonds. The van der Waals surface area contributed by atoms with Crippen LogP contribution in [0.15, 0.2) is 28.9 Å². The lowest BCUT2D eigenvalue weighted by atomic mass is 9.93. The minimum Gasteiger partial charge on any atom is -0.324 e. The highest BCUT2D eigenvalue weighted by molar-refractivity contribution is 9.10. The Balaban J connectivity index is 2.19. The predicted octanol–water partition coefficient (Wildman–Crippen LogP) is 4.88. The SMILES string of the molecule is NC1CCCc2c1ccn2-c1c(Cl)cc(Br)cc1Cl. The normalized spacial score (nSPS) is 18.4. The molecule has 2 aromatic rings. The molecule has 100 valence electrons. The van der Waals surface area contributed by atoms with Crippen LogP contribution >= 0.6 is 39.1 Å². The van der Waals surface area contributed by atoms with Crippen LogP contribution in [0.2, 0.25) is 10.0 Å². The number of fused-ring (bicyclic) bond motifs is 1. The smallest absolute Gasteiger partial charge is 0.0828 e. The highest BCUT2D eigenvalue weighted by Gasteiger charge is 2.22. The van der Waals surface area contributed by atoms with Gasteiger partial charge in [0.05, 0.1) is 15.7 Å². The van der Waals surface area contributed by atoms with Crippen molar-refractivity contribution in [3.05, 3.63) is 50.2 Å².